The van der Waals surface area contributed by atoms with Crippen molar-refractivity contribution < 1.29 is 22.7 Å². The standard InChI is InChI=1S/C19H19F3N6O2/c1-3-28-25-17(24-27-28)12-29-18-9-6-15(10-23-18)13(2)26-30-11-14-4-7-16(8-5-14)19(20,21)22/h4-10H,3,11-12H2,1-2H3. The fraction of sp³-hybridized carbons (Fsp3) is 0.316. The quantitative estimate of drug-likeness (QED) is 0.409. The van der Waals surface area contributed by atoms with Crippen molar-refractivity contribution in [2.75, 3.05) is 0 Å². The Kier molecular flexibility index (Phi) is 6.60. The molecule has 0 atom stereocenters. The van der Waals surface area contributed by atoms with Gasteiger partial charge in [-0.25, -0.2) is 4.98 Å². The summed E-state index contributed by atoms with van der Waals surface area (Å²) >= 11 is 0. The second-order valence-corrected chi connectivity index (χ2v) is 6.21. The number of pyridine rings is 1. The second kappa shape index (κ2) is 9.33. The molecule has 0 amide bonds. The van der Waals surface area contributed by atoms with Crippen LogP contribution in [0.2, 0.25) is 0 Å². The maximum atomic E-state index is 12.6. The topological polar surface area (TPSA) is 87.3 Å². The van der Waals surface area contributed by atoms with Crippen molar-refractivity contribution in [2.45, 2.75) is 39.8 Å². The van der Waals surface area contributed by atoms with Crippen LogP contribution >= 0.6 is 0 Å². The van der Waals surface area contributed by atoms with E-state index >= 15 is 0 Å². The van der Waals surface area contributed by atoms with Crippen molar-refractivity contribution in [3.05, 3.63) is 65.1 Å². The van der Waals surface area contributed by atoms with Gasteiger partial charge < -0.3 is 9.57 Å². The van der Waals surface area contributed by atoms with Crippen molar-refractivity contribution in [2.24, 2.45) is 5.16 Å². The summed E-state index contributed by atoms with van der Waals surface area (Å²) in [7, 11) is 0. The Morgan fingerprint density at radius 1 is 1.10 bits per heavy atom. The minimum Gasteiger partial charge on any atom is -0.469 e. The van der Waals surface area contributed by atoms with Crippen molar-refractivity contribution in [3.63, 3.8) is 0 Å². The molecule has 0 unspecified atom stereocenters. The third-order valence-corrected chi connectivity index (χ3v) is 3.99. The Hall–Kier alpha value is -3.50. The lowest BCUT2D eigenvalue weighted by atomic mass is 10.1. The van der Waals surface area contributed by atoms with Gasteiger partial charge in [0.05, 0.1) is 17.8 Å². The molecule has 3 rings (SSSR count). The molecular formula is C19H19F3N6O2. The molecule has 2 aromatic heterocycles. The lowest BCUT2D eigenvalue weighted by Crippen LogP contribution is -2.04. The summed E-state index contributed by atoms with van der Waals surface area (Å²) < 4.78 is 43.2. The number of tetrazole rings is 1. The zero-order valence-electron chi connectivity index (χ0n) is 16.3. The number of benzene rings is 1. The number of alkyl halides is 3. The largest absolute Gasteiger partial charge is 0.469 e. The maximum absolute atomic E-state index is 12.6. The summed E-state index contributed by atoms with van der Waals surface area (Å²) in [6, 6.07) is 8.17. The molecule has 0 aliphatic heterocycles. The SMILES string of the molecule is CCn1nnc(COc2ccc(C(C)=NOCc3ccc(C(F)(F)F)cc3)cn2)n1. The first-order valence-corrected chi connectivity index (χ1v) is 9.03. The predicted octanol–water partition coefficient (Wildman–Crippen LogP) is 3.63. The van der Waals surface area contributed by atoms with E-state index in [9.17, 15) is 13.2 Å². The van der Waals surface area contributed by atoms with Gasteiger partial charge in [0.15, 0.2) is 6.61 Å². The van der Waals surface area contributed by atoms with E-state index in [2.05, 4.69) is 25.6 Å². The molecule has 0 saturated carbocycles. The minimum absolute atomic E-state index is 0.0511. The van der Waals surface area contributed by atoms with Crippen LogP contribution in [0.5, 0.6) is 5.88 Å². The molecule has 0 aliphatic carbocycles. The van der Waals surface area contributed by atoms with Gasteiger partial charge in [-0.15, -0.1) is 10.2 Å². The first kappa shape index (κ1) is 21.2. The summed E-state index contributed by atoms with van der Waals surface area (Å²) in [5.74, 6) is 0.849. The number of halogens is 3. The second-order valence-electron chi connectivity index (χ2n) is 6.21. The minimum atomic E-state index is -4.36. The number of ether oxygens (including phenoxy) is 1. The third-order valence-electron chi connectivity index (χ3n) is 3.99. The van der Waals surface area contributed by atoms with E-state index < -0.39 is 11.7 Å². The first-order chi connectivity index (χ1) is 14.3. The normalized spacial score (nSPS) is 12.1. The van der Waals surface area contributed by atoms with Gasteiger partial charge >= 0.3 is 6.18 Å². The number of hydrogen-bond donors (Lipinski definition) is 0. The molecule has 0 bridgehead atoms. The summed E-state index contributed by atoms with van der Waals surface area (Å²) in [5, 5.41) is 15.8. The van der Waals surface area contributed by atoms with Crippen LogP contribution in [0.4, 0.5) is 13.2 Å². The highest BCUT2D eigenvalue weighted by Crippen LogP contribution is 2.29. The lowest BCUT2D eigenvalue weighted by Gasteiger charge is -2.07. The van der Waals surface area contributed by atoms with Gasteiger partial charge in [0.25, 0.3) is 0 Å². The van der Waals surface area contributed by atoms with E-state index in [4.69, 9.17) is 9.57 Å². The summed E-state index contributed by atoms with van der Waals surface area (Å²) in [4.78, 5) is 10.9. The fourth-order valence-corrected chi connectivity index (χ4v) is 2.33. The zero-order valence-corrected chi connectivity index (χ0v) is 16.3. The first-order valence-electron chi connectivity index (χ1n) is 9.03. The molecule has 0 aliphatic rings. The van der Waals surface area contributed by atoms with Crippen LogP contribution in [0.25, 0.3) is 0 Å². The molecule has 3 aromatic rings. The van der Waals surface area contributed by atoms with Crippen molar-refractivity contribution >= 4 is 5.71 Å². The molecule has 30 heavy (non-hydrogen) atoms. The van der Waals surface area contributed by atoms with Gasteiger partial charge in [-0.05, 0) is 42.8 Å². The van der Waals surface area contributed by atoms with Gasteiger partial charge in [0.2, 0.25) is 11.7 Å². The number of aryl methyl sites for hydroxylation is 1. The Labute approximate surface area is 170 Å². The van der Waals surface area contributed by atoms with E-state index in [0.717, 1.165) is 12.1 Å². The van der Waals surface area contributed by atoms with E-state index in [1.165, 1.54) is 16.9 Å². The molecule has 158 valence electrons. The van der Waals surface area contributed by atoms with Crippen LogP contribution in [-0.2, 0) is 30.8 Å². The zero-order chi connectivity index (χ0) is 21.6. The maximum Gasteiger partial charge on any atom is 0.416 e. The smallest absolute Gasteiger partial charge is 0.416 e. The van der Waals surface area contributed by atoms with Crippen molar-refractivity contribution in [3.8, 4) is 5.88 Å². The molecule has 1 aromatic carbocycles. The summed E-state index contributed by atoms with van der Waals surface area (Å²) in [6.07, 6.45) is -2.78. The third kappa shape index (κ3) is 5.75. The molecule has 0 spiro atoms. The number of hydrogen-bond acceptors (Lipinski definition) is 7. The summed E-state index contributed by atoms with van der Waals surface area (Å²) in [6.45, 7) is 4.46. The monoisotopic (exact) mass is 420 g/mol. The van der Waals surface area contributed by atoms with E-state index in [-0.39, 0.29) is 13.2 Å². The van der Waals surface area contributed by atoms with Gasteiger partial charge in [-0.3, -0.25) is 0 Å². The van der Waals surface area contributed by atoms with Crippen LogP contribution in [0, 0.1) is 0 Å². The van der Waals surface area contributed by atoms with Crippen LogP contribution in [0.3, 0.4) is 0 Å². The highest BCUT2D eigenvalue weighted by Gasteiger charge is 2.29. The number of aromatic nitrogens is 5. The van der Waals surface area contributed by atoms with E-state index in [0.29, 0.717) is 35.1 Å². The molecule has 11 heteroatoms. The highest BCUT2D eigenvalue weighted by molar-refractivity contribution is 5.98. The Morgan fingerprint density at radius 3 is 2.47 bits per heavy atom. The average molecular weight is 420 g/mol. The van der Waals surface area contributed by atoms with Gasteiger partial charge in [0.1, 0.15) is 6.61 Å². The van der Waals surface area contributed by atoms with Crippen LogP contribution in [0.15, 0.2) is 47.8 Å². The predicted molar refractivity (Wildman–Crippen MR) is 101 cm³/mol. The lowest BCUT2D eigenvalue weighted by molar-refractivity contribution is -0.137. The molecule has 0 saturated heterocycles. The van der Waals surface area contributed by atoms with Crippen molar-refractivity contribution in [1.29, 1.82) is 0 Å². The van der Waals surface area contributed by atoms with Gasteiger partial charge in [-0.2, -0.15) is 18.0 Å². The Balaban J connectivity index is 1.50. The molecular weight excluding hydrogens is 401 g/mol. The number of rotatable bonds is 8. The average Bonchev–Trinajstić information content (AvgIpc) is 3.20. The molecule has 2 heterocycles. The highest BCUT2D eigenvalue weighted by atomic mass is 19.4. The fourth-order valence-electron chi connectivity index (χ4n) is 2.33. The van der Waals surface area contributed by atoms with E-state index in [1.807, 2.05) is 6.92 Å². The van der Waals surface area contributed by atoms with E-state index in [1.54, 1.807) is 25.3 Å². The number of oxime groups is 1. The summed E-state index contributed by atoms with van der Waals surface area (Å²) in [5.41, 5.74) is 1.15. The van der Waals surface area contributed by atoms with Crippen LogP contribution in [0.1, 0.15) is 36.4 Å². The molecule has 8 nitrogen and oxygen atoms in total. The molecule has 0 fully saturated rings. The van der Waals surface area contributed by atoms with Gasteiger partial charge in [0, 0.05) is 17.8 Å². The number of nitrogens with zero attached hydrogens (tertiary/aromatic N) is 6. The molecule has 0 radical (unpaired) electrons. The van der Waals surface area contributed by atoms with Gasteiger partial charge in [-0.1, -0.05) is 17.3 Å². The Bertz CT molecular complexity index is 985. The van der Waals surface area contributed by atoms with Crippen LogP contribution in [-0.4, -0.2) is 30.9 Å². The molecule has 0 N–H and O–H groups in total. The van der Waals surface area contributed by atoms with Crippen molar-refractivity contribution in [1.82, 2.24) is 25.2 Å². The Morgan fingerprint density at radius 2 is 1.87 bits per heavy atom. The van der Waals surface area contributed by atoms with Crippen LogP contribution < -0.4 is 4.74 Å².